The fourth-order valence-electron chi connectivity index (χ4n) is 1.59. The highest BCUT2D eigenvalue weighted by Gasteiger charge is 2.01. The maximum Gasteiger partial charge on any atom is 0.0161 e. The Kier molecular flexibility index (Phi) is 5.74. The van der Waals surface area contributed by atoms with Gasteiger partial charge in [-0.2, -0.15) is 0 Å². The molecule has 0 aliphatic carbocycles. The summed E-state index contributed by atoms with van der Waals surface area (Å²) in [6, 6.07) is 10.5. The van der Waals surface area contributed by atoms with Crippen LogP contribution in [-0.4, -0.2) is 31.1 Å². The highest BCUT2D eigenvalue weighted by atomic mass is 15.1. The van der Waals surface area contributed by atoms with Crippen molar-refractivity contribution in [3.05, 3.63) is 48.6 Å². The summed E-state index contributed by atoms with van der Waals surface area (Å²) in [5.74, 6) is 0. The lowest BCUT2D eigenvalue weighted by Gasteiger charge is -2.19. The van der Waals surface area contributed by atoms with Gasteiger partial charge in [-0.1, -0.05) is 36.4 Å². The highest BCUT2D eigenvalue weighted by Crippen LogP contribution is 2.01. The molecule has 0 aliphatic rings. The van der Waals surface area contributed by atoms with Gasteiger partial charge in [0.15, 0.2) is 0 Å². The molecule has 1 aromatic carbocycles. The van der Waals surface area contributed by atoms with E-state index in [1.807, 2.05) is 12.1 Å². The smallest absolute Gasteiger partial charge is 0.0161 e. The number of hydrogen-bond donors (Lipinski definition) is 1. The minimum atomic E-state index is 0.711. The summed E-state index contributed by atoms with van der Waals surface area (Å²) >= 11 is 0. The van der Waals surface area contributed by atoms with Crippen LogP contribution in [0.25, 0.3) is 0 Å². The monoisotopic (exact) mass is 204 g/mol. The fraction of sp³-hybridized carbons (Fsp3) is 0.385. The van der Waals surface area contributed by atoms with Crippen LogP contribution in [0.15, 0.2) is 43.0 Å². The summed E-state index contributed by atoms with van der Waals surface area (Å²) in [5.41, 5.74) is 6.93. The van der Waals surface area contributed by atoms with Crippen LogP contribution in [0.2, 0.25) is 0 Å². The number of benzene rings is 1. The second kappa shape index (κ2) is 7.21. The van der Waals surface area contributed by atoms with E-state index in [0.717, 1.165) is 26.1 Å². The highest BCUT2D eigenvalue weighted by molar-refractivity contribution is 5.14. The molecule has 0 radical (unpaired) electrons. The largest absolute Gasteiger partial charge is 0.329 e. The molecule has 1 rings (SSSR count). The third kappa shape index (κ3) is 4.77. The van der Waals surface area contributed by atoms with Gasteiger partial charge in [-0.05, 0) is 12.0 Å². The Morgan fingerprint density at radius 3 is 2.53 bits per heavy atom. The molecular weight excluding hydrogens is 184 g/mol. The molecule has 0 bridgehead atoms. The molecule has 2 N–H and O–H groups in total. The van der Waals surface area contributed by atoms with Crippen LogP contribution < -0.4 is 5.73 Å². The quantitative estimate of drug-likeness (QED) is 0.685. The first-order chi connectivity index (χ1) is 7.36. The number of nitrogens with two attached hydrogens (primary N) is 1. The van der Waals surface area contributed by atoms with Gasteiger partial charge in [0.25, 0.3) is 0 Å². The Hall–Kier alpha value is -1.12. The first-order valence-electron chi connectivity index (χ1n) is 5.44. The van der Waals surface area contributed by atoms with Crippen molar-refractivity contribution in [1.82, 2.24) is 4.90 Å². The zero-order valence-corrected chi connectivity index (χ0v) is 9.23. The van der Waals surface area contributed by atoms with Gasteiger partial charge in [-0.25, -0.2) is 0 Å². The zero-order valence-electron chi connectivity index (χ0n) is 9.23. The summed E-state index contributed by atoms with van der Waals surface area (Å²) < 4.78 is 0. The SMILES string of the molecule is C=CCN(CCN)CCc1ccccc1. The first kappa shape index (κ1) is 12.0. The van der Waals surface area contributed by atoms with Gasteiger partial charge in [-0.15, -0.1) is 6.58 Å². The van der Waals surface area contributed by atoms with Crippen molar-refractivity contribution < 1.29 is 0 Å². The molecule has 0 aromatic heterocycles. The predicted molar refractivity (Wildman–Crippen MR) is 65.8 cm³/mol. The zero-order chi connectivity index (χ0) is 10.9. The molecule has 1 aromatic rings. The molecule has 0 spiro atoms. The van der Waals surface area contributed by atoms with E-state index in [0.29, 0.717) is 6.54 Å². The van der Waals surface area contributed by atoms with Gasteiger partial charge in [0, 0.05) is 26.2 Å². The van der Waals surface area contributed by atoms with Crippen LogP contribution in [0, 0.1) is 0 Å². The Morgan fingerprint density at radius 2 is 1.93 bits per heavy atom. The van der Waals surface area contributed by atoms with Crippen molar-refractivity contribution in [1.29, 1.82) is 0 Å². The van der Waals surface area contributed by atoms with E-state index >= 15 is 0 Å². The minimum Gasteiger partial charge on any atom is -0.329 e. The predicted octanol–water partition coefficient (Wildman–Crippen LogP) is 1.68. The summed E-state index contributed by atoms with van der Waals surface area (Å²) in [4.78, 5) is 2.32. The third-order valence-corrected chi connectivity index (χ3v) is 2.39. The topological polar surface area (TPSA) is 29.3 Å². The van der Waals surface area contributed by atoms with Gasteiger partial charge in [-0.3, -0.25) is 4.90 Å². The van der Waals surface area contributed by atoms with Crippen LogP contribution in [0.1, 0.15) is 5.56 Å². The van der Waals surface area contributed by atoms with Crippen molar-refractivity contribution in [3.8, 4) is 0 Å². The van der Waals surface area contributed by atoms with E-state index < -0.39 is 0 Å². The Bertz CT molecular complexity index is 269. The summed E-state index contributed by atoms with van der Waals surface area (Å²) in [6.45, 7) is 7.38. The van der Waals surface area contributed by atoms with Gasteiger partial charge < -0.3 is 5.73 Å². The van der Waals surface area contributed by atoms with Crippen LogP contribution >= 0.6 is 0 Å². The van der Waals surface area contributed by atoms with Crippen molar-refractivity contribution in [3.63, 3.8) is 0 Å². The summed E-state index contributed by atoms with van der Waals surface area (Å²) in [6.07, 6.45) is 3.01. The van der Waals surface area contributed by atoms with E-state index in [-0.39, 0.29) is 0 Å². The fourth-order valence-corrected chi connectivity index (χ4v) is 1.59. The average molecular weight is 204 g/mol. The molecule has 0 unspecified atom stereocenters. The van der Waals surface area contributed by atoms with E-state index in [4.69, 9.17) is 5.73 Å². The maximum atomic E-state index is 5.55. The lowest BCUT2D eigenvalue weighted by molar-refractivity contribution is 0.315. The molecule has 0 fully saturated rings. The van der Waals surface area contributed by atoms with Crippen LogP contribution in [0.5, 0.6) is 0 Å². The molecule has 82 valence electrons. The molecule has 0 atom stereocenters. The van der Waals surface area contributed by atoms with E-state index in [2.05, 4.69) is 35.7 Å². The van der Waals surface area contributed by atoms with Crippen molar-refractivity contribution in [2.45, 2.75) is 6.42 Å². The van der Waals surface area contributed by atoms with Gasteiger partial charge in [0.1, 0.15) is 0 Å². The second-order valence-electron chi connectivity index (χ2n) is 3.61. The standard InChI is InChI=1S/C13H20N2/c1-2-10-15(12-9-14)11-8-13-6-4-3-5-7-13/h2-7H,1,8-12,14H2. The first-order valence-corrected chi connectivity index (χ1v) is 5.44. The van der Waals surface area contributed by atoms with Crippen molar-refractivity contribution in [2.24, 2.45) is 5.73 Å². The average Bonchev–Trinajstić information content (AvgIpc) is 2.28. The van der Waals surface area contributed by atoms with Crippen LogP contribution in [0.4, 0.5) is 0 Å². The molecule has 0 heterocycles. The number of rotatable bonds is 7. The van der Waals surface area contributed by atoms with Crippen LogP contribution in [0.3, 0.4) is 0 Å². The Morgan fingerprint density at radius 1 is 1.20 bits per heavy atom. The minimum absolute atomic E-state index is 0.711. The summed E-state index contributed by atoms with van der Waals surface area (Å²) in [7, 11) is 0. The Labute approximate surface area is 92.4 Å². The van der Waals surface area contributed by atoms with Crippen LogP contribution in [-0.2, 0) is 6.42 Å². The lowest BCUT2D eigenvalue weighted by Crippen LogP contribution is -2.31. The van der Waals surface area contributed by atoms with Crippen molar-refractivity contribution in [2.75, 3.05) is 26.2 Å². The normalized spacial score (nSPS) is 10.5. The summed E-state index contributed by atoms with van der Waals surface area (Å²) in [5, 5.41) is 0. The molecule has 0 saturated carbocycles. The molecule has 2 heteroatoms. The molecule has 15 heavy (non-hydrogen) atoms. The molecule has 0 saturated heterocycles. The maximum absolute atomic E-state index is 5.55. The van der Waals surface area contributed by atoms with E-state index in [1.165, 1.54) is 5.56 Å². The van der Waals surface area contributed by atoms with Gasteiger partial charge in [0.2, 0.25) is 0 Å². The van der Waals surface area contributed by atoms with E-state index in [9.17, 15) is 0 Å². The number of nitrogens with zero attached hydrogens (tertiary/aromatic N) is 1. The molecule has 0 amide bonds. The number of hydrogen-bond acceptors (Lipinski definition) is 2. The van der Waals surface area contributed by atoms with Gasteiger partial charge in [0.05, 0.1) is 0 Å². The molecular formula is C13H20N2. The Balaban J connectivity index is 2.36. The molecule has 2 nitrogen and oxygen atoms in total. The third-order valence-electron chi connectivity index (χ3n) is 2.39. The van der Waals surface area contributed by atoms with Gasteiger partial charge >= 0.3 is 0 Å². The van der Waals surface area contributed by atoms with E-state index in [1.54, 1.807) is 0 Å². The second-order valence-corrected chi connectivity index (χ2v) is 3.61. The van der Waals surface area contributed by atoms with Crippen molar-refractivity contribution >= 4 is 0 Å². The lowest BCUT2D eigenvalue weighted by atomic mass is 10.1. The molecule has 0 aliphatic heterocycles.